The molecule has 10 heteroatoms. The van der Waals surface area contributed by atoms with E-state index in [0.717, 1.165) is 16.8 Å². The van der Waals surface area contributed by atoms with Gasteiger partial charge in [-0.25, -0.2) is 9.18 Å². The van der Waals surface area contributed by atoms with Crippen molar-refractivity contribution in [1.29, 1.82) is 0 Å². The van der Waals surface area contributed by atoms with E-state index in [1.165, 1.54) is 11.0 Å². The van der Waals surface area contributed by atoms with Gasteiger partial charge in [-0.05, 0) is 74.6 Å². The van der Waals surface area contributed by atoms with Crippen LogP contribution in [0.4, 0.5) is 14.9 Å². The highest BCUT2D eigenvalue weighted by Gasteiger charge is 2.45. The number of likely N-dealkylation sites (N-methyl/N-ethyl adjacent to an activating group) is 1. The monoisotopic (exact) mass is 563 g/mol. The molecule has 2 amide bonds. The molecule has 1 fully saturated rings. The van der Waals surface area contributed by atoms with E-state index < -0.39 is 23.1 Å². The second kappa shape index (κ2) is 12.9. The summed E-state index contributed by atoms with van der Waals surface area (Å²) in [5, 5.41) is 2.89. The fourth-order valence-electron chi connectivity index (χ4n) is 4.73. The Kier molecular flexibility index (Phi) is 10.1. The lowest BCUT2D eigenvalue weighted by Gasteiger charge is -2.44. The molecule has 0 aliphatic carbocycles. The van der Waals surface area contributed by atoms with Crippen molar-refractivity contribution in [1.82, 2.24) is 10.2 Å². The minimum Gasteiger partial charge on any atom is -0.488 e. The van der Waals surface area contributed by atoms with Crippen LogP contribution in [0.5, 0.6) is 5.75 Å². The molecule has 2 aromatic rings. The number of amides is 2. The van der Waals surface area contributed by atoms with E-state index >= 15 is 0 Å². The Hall–Kier alpha value is -3.04. The van der Waals surface area contributed by atoms with Crippen molar-refractivity contribution in [3.8, 4) is 16.9 Å². The van der Waals surface area contributed by atoms with Gasteiger partial charge in [0.15, 0.2) is 11.6 Å². The molecule has 0 aromatic heterocycles. The molecule has 39 heavy (non-hydrogen) atoms. The SMILES string of the molecule is COCCOc1ccc(-c2ccc(N3CCCC(NC(=O)OC(C)(C)C)(C(=O)N(C)C)C3)c(CCl)c2)cc1F. The zero-order valence-corrected chi connectivity index (χ0v) is 24.4. The van der Waals surface area contributed by atoms with Crippen molar-refractivity contribution in [3.63, 3.8) is 0 Å². The minimum atomic E-state index is -1.16. The molecule has 1 N–H and O–H groups in total. The number of alkyl carbamates (subject to hydrolysis) is 1. The van der Waals surface area contributed by atoms with E-state index in [0.29, 0.717) is 31.6 Å². The summed E-state index contributed by atoms with van der Waals surface area (Å²) in [7, 11) is 4.90. The Morgan fingerprint density at radius 1 is 1.13 bits per heavy atom. The Balaban J connectivity index is 1.88. The zero-order chi connectivity index (χ0) is 28.8. The average Bonchev–Trinajstić information content (AvgIpc) is 2.87. The van der Waals surface area contributed by atoms with Crippen LogP contribution in [-0.4, -0.2) is 75.5 Å². The third-order valence-electron chi connectivity index (χ3n) is 6.42. The molecule has 1 saturated heterocycles. The second-order valence-electron chi connectivity index (χ2n) is 10.9. The number of piperidine rings is 1. The molecule has 0 saturated carbocycles. The summed E-state index contributed by atoms with van der Waals surface area (Å²) in [5.41, 5.74) is 1.32. The molecule has 0 bridgehead atoms. The molecular formula is C29H39ClFN3O5. The van der Waals surface area contributed by atoms with Crippen molar-refractivity contribution in [3.05, 3.63) is 47.8 Å². The van der Waals surface area contributed by atoms with Gasteiger partial charge in [0.25, 0.3) is 0 Å². The first-order chi connectivity index (χ1) is 18.4. The van der Waals surface area contributed by atoms with Crippen molar-refractivity contribution >= 4 is 29.3 Å². The van der Waals surface area contributed by atoms with Crippen LogP contribution in [0.15, 0.2) is 36.4 Å². The number of halogens is 2. The molecule has 1 aliphatic rings. The van der Waals surface area contributed by atoms with Crippen LogP contribution >= 0.6 is 11.6 Å². The first-order valence-electron chi connectivity index (χ1n) is 13.0. The first kappa shape index (κ1) is 30.5. The highest BCUT2D eigenvalue weighted by molar-refractivity contribution is 6.17. The van der Waals surface area contributed by atoms with Crippen LogP contribution in [0.3, 0.4) is 0 Å². The largest absolute Gasteiger partial charge is 0.488 e. The van der Waals surface area contributed by atoms with Gasteiger partial charge in [-0.1, -0.05) is 12.1 Å². The summed E-state index contributed by atoms with van der Waals surface area (Å²) in [6, 6.07) is 10.6. The number of methoxy groups -OCH3 is 1. The number of carbonyl (C=O) groups is 2. The maximum absolute atomic E-state index is 14.7. The Labute approximate surface area is 235 Å². The van der Waals surface area contributed by atoms with E-state index in [1.54, 1.807) is 54.1 Å². The summed E-state index contributed by atoms with van der Waals surface area (Å²) in [6.07, 6.45) is 0.518. The highest BCUT2D eigenvalue weighted by atomic mass is 35.5. The van der Waals surface area contributed by atoms with Crippen LogP contribution in [0.2, 0.25) is 0 Å². The van der Waals surface area contributed by atoms with Gasteiger partial charge in [0.2, 0.25) is 5.91 Å². The summed E-state index contributed by atoms with van der Waals surface area (Å²) < 4.78 is 30.5. The zero-order valence-electron chi connectivity index (χ0n) is 23.6. The fraction of sp³-hybridized carbons (Fsp3) is 0.517. The molecule has 1 atom stereocenters. The summed E-state index contributed by atoms with van der Waals surface area (Å²) >= 11 is 6.38. The van der Waals surface area contributed by atoms with Gasteiger partial charge in [-0.2, -0.15) is 0 Å². The number of anilines is 1. The quantitative estimate of drug-likeness (QED) is 0.333. The van der Waals surface area contributed by atoms with Gasteiger partial charge in [-0.3, -0.25) is 4.79 Å². The number of ether oxygens (including phenoxy) is 3. The molecule has 0 radical (unpaired) electrons. The standard InChI is InChI=1S/C29H39ClFN3O5/c1-28(2,3)39-27(36)32-29(26(35)33(4)5)12-7-13-34(19-29)24-10-8-20(16-22(24)18-30)21-9-11-25(23(31)17-21)38-15-14-37-6/h8-11,16-17H,7,12-15,18-19H2,1-6H3,(H,32,36). The van der Waals surface area contributed by atoms with E-state index in [9.17, 15) is 14.0 Å². The van der Waals surface area contributed by atoms with Gasteiger partial charge in [0.05, 0.1) is 13.2 Å². The van der Waals surface area contributed by atoms with Gasteiger partial charge < -0.3 is 29.3 Å². The third-order valence-corrected chi connectivity index (χ3v) is 6.71. The number of nitrogens with zero attached hydrogens (tertiary/aromatic N) is 2. The molecular weight excluding hydrogens is 525 g/mol. The van der Waals surface area contributed by atoms with E-state index in [-0.39, 0.29) is 30.7 Å². The number of benzene rings is 2. The number of nitrogens with one attached hydrogen (secondary N) is 1. The predicted molar refractivity (Wildman–Crippen MR) is 151 cm³/mol. The van der Waals surface area contributed by atoms with Crippen LogP contribution in [0, 0.1) is 5.82 Å². The van der Waals surface area contributed by atoms with Gasteiger partial charge in [0, 0.05) is 39.3 Å². The van der Waals surface area contributed by atoms with Gasteiger partial charge in [0.1, 0.15) is 17.7 Å². The van der Waals surface area contributed by atoms with E-state index in [4.69, 9.17) is 25.8 Å². The van der Waals surface area contributed by atoms with Crippen molar-refractivity contribution < 1.29 is 28.2 Å². The summed E-state index contributed by atoms with van der Waals surface area (Å²) in [4.78, 5) is 29.7. The molecule has 2 aromatic carbocycles. The molecule has 8 nitrogen and oxygen atoms in total. The lowest BCUT2D eigenvalue weighted by molar-refractivity contribution is -0.136. The number of rotatable bonds is 9. The molecule has 0 spiro atoms. The van der Waals surface area contributed by atoms with Crippen molar-refractivity contribution in [2.75, 3.05) is 52.4 Å². The second-order valence-corrected chi connectivity index (χ2v) is 11.2. The molecule has 214 valence electrons. The third kappa shape index (κ3) is 7.76. The Morgan fingerprint density at radius 2 is 1.82 bits per heavy atom. The highest BCUT2D eigenvalue weighted by Crippen LogP contribution is 2.34. The van der Waals surface area contributed by atoms with Crippen LogP contribution in [0.25, 0.3) is 11.1 Å². The smallest absolute Gasteiger partial charge is 0.408 e. The predicted octanol–water partition coefficient (Wildman–Crippen LogP) is 5.21. The lowest BCUT2D eigenvalue weighted by Crippen LogP contribution is -2.66. The van der Waals surface area contributed by atoms with Gasteiger partial charge >= 0.3 is 6.09 Å². The topological polar surface area (TPSA) is 80.3 Å². The van der Waals surface area contributed by atoms with Gasteiger partial charge in [-0.15, -0.1) is 11.6 Å². The van der Waals surface area contributed by atoms with Crippen LogP contribution in [-0.2, 0) is 20.1 Å². The molecule has 1 aliphatic heterocycles. The number of alkyl halides is 1. The van der Waals surface area contributed by atoms with E-state index in [2.05, 4.69) is 10.2 Å². The summed E-state index contributed by atoms with van der Waals surface area (Å²) in [6.45, 7) is 6.91. The maximum Gasteiger partial charge on any atom is 0.408 e. The molecule has 3 rings (SSSR count). The summed E-state index contributed by atoms with van der Waals surface area (Å²) in [5.74, 6) is -0.284. The first-order valence-corrected chi connectivity index (χ1v) is 13.5. The lowest BCUT2D eigenvalue weighted by atomic mass is 9.86. The Morgan fingerprint density at radius 3 is 2.44 bits per heavy atom. The number of hydrogen-bond acceptors (Lipinski definition) is 6. The van der Waals surface area contributed by atoms with Crippen LogP contribution < -0.4 is 15.0 Å². The number of carbonyl (C=O) groups excluding carboxylic acids is 2. The number of hydrogen-bond donors (Lipinski definition) is 1. The van der Waals surface area contributed by atoms with Crippen molar-refractivity contribution in [2.24, 2.45) is 0 Å². The fourth-order valence-corrected chi connectivity index (χ4v) is 4.95. The molecule has 1 heterocycles. The van der Waals surface area contributed by atoms with E-state index in [1.807, 2.05) is 18.2 Å². The Bertz CT molecular complexity index is 1170. The minimum absolute atomic E-state index is 0.165. The normalized spacial score (nSPS) is 17.5. The average molecular weight is 564 g/mol. The van der Waals surface area contributed by atoms with Crippen molar-refractivity contribution in [2.45, 2.75) is 50.6 Å². The maximum atomic E-state index is 14.7. The molecule has 1 unspecified atom stereocenters. The van der Waals surface area contributed by atoms with Crippen LogP contribution in [0.1, 0.15) is 39.2 Å².